The number of amides is 1. The Labute approximate surface area is 123 Å². The van der Waals surface area contributed by atoms with E-state index >= 15 is 0 Å². The van der Waals surface area contributed by atoms with E-state index in [0.717, 1.165) is 0 Å². The summed E-state index contributed by atoms with van der Waals surface area (Å²) < 4.78 is 6.24. The van der Waals surface area contributed by atoms with Gasteiger partial charge in [-0.3, -0.25) is 10.1 Å². The molecule has 0 saturated heterocycles. The predicted octanol–water partition coefficient (Wildman–Crippen LogP) is 3.23. The maximum absolute atomic E-state index is 11.9. The van der Waals surface area contributed by atoms with Crippen LogP contribution in [0.25, 0.3) is 0 Å². The molecule has 19 heavy (non-hydrogen) atoms. The van der Waals surface area contributed by atoms with Crippen LogP contribution in [-0.2, 0) is 4.79 Å². The third-order valence-electron chi connectivity index (χ3n) is 2.31. The Kier molecular flexibility index (Phi) is 4.44. The molecule has 1 aromatic heterocycles. The molecule has 2 N–H and O–H groups in total. The summed E-state index contributed by atoms with van der Waals surface area (Å²) in [5, 5.41) is 3.19. The molecular formula is C12H11BrClN3O2. The molecule has 0 radical (unpaired) electrons. The average molecular weight is 345 g/mol. The number of hydrogen-bond acceptors (Lipinski definition) is 3. The molecule has 0 spiro atoms. The summed E-state index contributed by atoms with van der Waals surface area (Å²) >= 11 is 9.16. The highest BCUT2D eigenvalue weighted by Gasteiger charge is 2.17. The third-order valence-corrected chi connectivity index (χ3v) is 3.16. The van der Waals surface area contributed by atoms with Crippen molar-refractivity contribution < 1.29 is 9.53 Å². The molecule has 100 valence electrons. The monoisotopic (exact) mass is 343 g/mol. The molecule has 0 saturated carbocycles. The molecule has 1 heterocycles. The minimum Gasteiger partial charge on any atom is -0.480 e. The number of H-pyrrole nitrogens is 1. The summed E-state index contributed by atoms with van der Waals surface area (Å²) in [5.74, 6) is 0.638. The van der Waals surface area contributed by atoms with Crippen LogP contribution in [0.5, 0.6) is 5.75 Å². The van der Waals surface area contributed by atoms with Crippen LogP contribution < -0.4 is 10.1 Å². The Hall–Kier alpha value is -1.53. The number of nitrogens with one attached hydrogen (secondary N) is 2. The van der Waals surface area contributed by atoms with Gasteiger partial charge in [0.1, 0.15) is 5.75 Å². The van der Waals surface area contributed by atoms with E-state index in [2.05, 4.69) is 31.2 Å². The number of nitrogens with zero attached hydrogens (tertiary/aromatic N) is 1. The first-order chi connectivity index (χ1) is 9.06. The largest absolute Gasteiger partial charge is 0.480 e. The highest BCUT2D eigenvalue weighted by atomic mass is 79.9. The van der Waals surface area contributed by atoms with Crippen molar-refractivity contribution in [3.63, 3.8) is 0 Å². The Morgan fingerprint density at radius 1 is 1.58 bits per heavy atom. The first-order valence-electron chi connectivity index (χ1n) is 5.48. The second kappa shape index (κ2) is 6.08. The van der Waals surface area contributed by atoms with Crippen molar-refractivity contribution in [2.75, 3.05) is 5.32 Å². The molecule has 7 heteroatoms. The van der Waals surface area contributed by atoms with Crippen molar-refractivity contribution in [3.8, 4) is 5.75 Å². The van der Waals surface area contributed by atoms with E-state index in [4.69, 9.17) is 16.3 Å². The molecule has 5 nitrogen and oxygen atoms in total. The standard InChI is InChI=1S/C12H11BrClN3O2/c1-7(11(18)17-12-15-4-5-16-12)19-10-3-2-8(14)6-9(10)13/h2-7H,1H3,(H2,15,16,17,18). The van der Waals surface area contributed by atoms with Crippen LogP contribution in [0.3, 0.4) is 0 Å². The number of imidazole rings is 1. The second-order valence-electron chi connectivity index (χ2n) is 3.76. The molecule has 2 rings (SSSR count). The number of rotatable bonds is 4. The molecule has 1 unspecified atom stereocenters. The third kappa shape index (κ3) is 3.71. The molecule has 0 bridgehead atoms. The van der Waals surface area contributed by atoms with Gasteiger partial charge in [-0.1, -0.05) is 11.6 Å². The van der Waals surface area contributed by atoms with Gasteiger partial charge in [0.15, 0.2) is 6.10 Å². The zero-order valence-electron chi connectivity index (χ0n) is 9.98. The van der Waals surface area contributed by atoms with Crippen molar-refractivity contribution >= 4 is 39.4 Å². The molecule has 1 amide bonds. The van der Waals surface area contributed by atoms with Gasteiger partial charge in [-0.25, -0.2) is 4.98 Å². The van der Waals surface area contributed by atoms with E-state index in [-0.39, 0.29) is 5.91 Å². The molecule has 1 aromatic carbocycles. The summed E-state index contributed by atoms with van der Waals surface area (Å²) in [7, 11) is 0. The molecule has 0 fully saturated rings. The zero-order chi connectivity index (χ0) is 13.8. The van der Waals surface area contributed by atoms with Crippen LogP contribution in [0.2, 0.25) is 5.02 Å². The number of aromatic amines is 1. The van der Waals surface area contributed by atoms with Gasteiger partial charge in [-0.15, -0.1) is 0 Å². The summed E-state index contributed by atoms with van der Waals surface area (Å²) in [6.45, 7) is 1.65. The predicted molar refractivity (Wildman–Crippen MR) is 76.5 cm³/mol. The van der Waals surface area contributed by atoms with E-state index < -0.39 is 6.10 Å². The van der Waals surface area contributed by atoms with Gasteiger partial charge >= 0.3 is 0 Å². The van der Waals surface area contributed by atoms with Crippen LogP contribution in [0, 0.1) is 0 Å². The van der Waals surface area contributed by atoms with Crippen LogP contribution in [0.4, 0.5) is 5.95 Å². The van der Waals surface area contributed by atoms with Gasteiger partial charge in [0.2, 0.25) is 5.95 Å². The number of halogens is 2. The van der Waals surface area contributed by atoms with Crippen molar-refractivity contribution in [1.82, 2.24) is 9.97 Å². The average Bonchev–Trinajstić information content (AvgIpc) is 2.85. The topological polar surface area (TPSA) is 67.0 Å². The summed E-state index contributed by atoms with van der Waals surface area (Å²) in [6, 6.07) is 5.09. The van der Waals surface area contributed by atoms with Gasteiger partial charge in [0, 0.05) is 17.4 Å². The van der Waals surface area contributed by atoms with Crippen molar-refractivity contribution in [2.45, 2.75) is 13.0 Å². The number of carbonyl (C=O) groups is 1. The lowest BCUT2D eigenvalue weighted by Crippen LogP contribution is -2.30. The van der Waals surface area contributed by atoms with Gasteiger partial charge in [-0.2, -0.15) is 0 Å². The number of anilines is 1. The first-order valence-corrected chi connectivity index (χ1v) is 6.65. The van der Waals surface area contributed by atoms with E-state index in [9.17, 15) is 4.79 Å². The number of aromatic nitrogens is 2. The normalized spacial score (nSPS) is 11.9. The fourth-order valence-corrected chi connectivity index (χ4v) is 2.14. The van der Waals surface area contributed by atoms with Crippen molar-refractivity contribution in [1.29, 1.82) is 0 Å². The Morgan fingerprint density at radius 3 is 3.00 bits per heavy atom. The maximum atomic E-state index is 11.9. The van der Waals surface area contributed by atoms with E-state index in [0.29, 0.717) is 21.2 Å². The summed E-state index contributed by atoms with van der Waals surface area (Å²) in [4.78, 5) is 18.5. The lowest BCUT2D eigenvalue weighted by Gasteiger charge is -2.15. The summed E-state index contributed by atoms with van der Waals surface area (Å²) in [5.41, 5.74) is 0. The molecule has 0 aliphatic heterocycles. The minimum absolute atomic E-state index is 0.295. The Morgan fingerprint density at radius 2 is 2.37 bits per heavy atom. The summed E-state index contributed by atoms with van der Waals surface area (Å²) in [6.07, 6.45) is 2.51. The van der Waals surface area contributed by atoms with Crippen LogP contribution in [0.1, 0.15) is 6.92 Å². The Balaban J connectivity index is 2.00. The number of hydrogen-bond donors (Lipinski definition) is 2. The van der Waals surface area contributed by atoms with E-state index in [1.807, 2.05) is 0 Å². The van der Waals surface area contributed by atoms with E-state index in [1.54, 1.807) is 37.5 Å². The molecule has 0 aliphatic rings. The fraction of sp³-hybridized carbons (Fsp3) is 0.167. The lowest BCUT2D eigenvalue weighted by atomic mass is 10.3. The van der Waals surface area contributed by atoms with Crippen molar-refractivity contribution in [2.24, 2.45) is 0 Å². The molecule has 0 aliphatic carbocycles. The van der Waals surface area contributed by atoms with Gasteiger partial charge in [0.05, 0.1) is 4.47 Å². The van der Waals surface area contributed by atoms with Crippen LogP contribution >= 0.6 is 27.5 Å². The fourth-order valence-electron chi connectivity index (χ4n) is 1.37. The quantitative estimate of drug-likeness (QED) is 0.895. The van der Waals surface area contributed by atoms with Crippen LogP contribution in [0.15, 0.2) is 35.1 Å². The van der Waals surface area contributed by atoms with Gasteiger partial charge in [0.25, 0.3) is 5.91 Å². The smallest absolute Gasteiger partial charge is 0.267 e. The SMILES string of the molecule is CC(Oc1ccc(Cl)cc1Br)C(=O)Nc1ncc[nH]1. The number of carbonyl (C=O) groups excluding carboxylic acids is 1. The highest BCUT2D eigenvalue weighted by Crippen LogP contribution is 2.28. The van der Waals surface area contributed by atoms with E-state index in [1.165, 1.54) is 0 Å². The first kappa shape index (κ1) is 13.9. The minimum atomic E-state index is -0.664. The number of benzene rings is 1. The highest BCUT2D eigenvalue weighted by molar-refractivity contribution is 9.10. The van der Waals surface area contributed by atoms with Crippen LogP contribution in [-0.4, -0.2) is 22.0 Å². The Bertz CT molecular complexity index is 574. The molecular weight excluding hydrogens is 334 g/mol. The maximum Gasteiger partial charge on any atom is 0.267 e. The lowest BCUT2D eigenvalue weighted by molar-refractivity contribution is -0.122. The number of ether oxygens (including phenoxy) is 1. The van der Waals surface area contributed by atoms with Crippen molar-refractivity contribution in [3.05, 3.63) is 40.1 Å². The molecule has 2 aromatic rings. The molecule has 1 atom stereocenters. The second-order valence-corrected chi connectivity index (χ2v) is 5.05. The van der Waals surface area contributed by atoms with Gasteiger partial charge < -0.3 is 9.72 Å². The van der Waals surface area contributed by atoms with Gasteiger partial charge in [-0.05, 0) is 41.1 Å². The zero-order valence-corrected chi connectivity index (χ0v) is 12.3.